The van der Waals surface area contributed by atoms with E-state index in [1.807, 2.05) is 41.5 Å². The van der Waals surface area contributed by atoms with Gasteiger partial charge in [0.15, 0.2) is 6.29 Å². The van der Waals surface area contributed by atoms with Crippen molar-refractivity contribution in [1.29, 1.82) is 0 Å². The highest BCUT2D eigenvalue weighted by Crippen LogP contribution is 2.40. The lowest BCUT2D eigenvalue weighted by Crippen LogP contribution is -2.56. The Hall–Kier alpha value is -0.900. The molecule has 2 unspecified atom stereocenters. The fraction of sp³-hybridized carbons (Fsp3) is 0.933. The van der Waals surface area contributed by atoms with E-state index in [0.717, 1.165) is 0 Å². The molecule has 0 bridgehead atoms. The Bertz CT molecular complexity index is 810. The number of hydrogen-bond donors (Lipinski definition) is 4. The van der Waals surface area contributed by atoms with Gasteiger partial charge < -0.3 is 29.9 Å². The molecule has 2 fully saturated rings. The van der Waals surface area contributed by atoms with Gasteiger partial charge in [-0.3, -0.25) is 9.59 Å². The van der Waals surface area contributed by atoms with E-state index in [-0.39, 0.29) is 48.3 Å². The molecule has 1 aliphatic carbocycles. The molecule has 2 aliphatic rings. The lowest BCUT2D eigenvalue weighted by molar-refractivity contribution is -0.296. The maximum Gasteiger partial charge on any atom is 0.184 e. The predicted octanol–water partition coefficient (Wildman–Crippen LogP) is 3.51. The maximum atomic E-state index is 13.5. The topological polar surface area (TPSA) is 134 Å². The molecule has 0 spiro atoms. The number of hydrogen-bond acceptors (Lipinski definition) is 8. The summed E-state index contributed by atoms with van der Waals surface area (Å²) in [5, 5.41) is 45.2. The fourth-order valence-electron chi connectivity index (χ4n) is 6.80. The summed E-state index contributed by atoms with van der Waals surface area (Å²) < 4.78 is 12.4. The number of rotatable bonds is 3. The standard InChI is InChI=1S/C30H54O8/c1-11-22-13-23(31)19(6)18(5)20(7)27(38-28-25(33)15(2)12-17(4)37-28)29(9,35)14-16(3)24(32)21(8)26(34)30(22,10)36/h15-22,25-28,33-36H,11-14H2,1-10H3/t15-,16+,17+,18?,19+,20-,21-,22-,25+,26+,27+,28?,29+,30+/m0/s1. The highest BCUT2D eigenvalue weighted by Gasteiger charge is 2.49. The third-order valence-corrected chi connectivity index (χ3v) is 9.92. The third kappa shape index (κ3) is 7.05. The Labute approximate surface area is 229 Å². The van der Waals surface area contributed by atoms with E-state index >= 15 is 0 Å². The molecule has 2 rings (SSSR count). The molecule has 1 heterocycles. The average Bonchev–Trinajstić information content (AvgIpc) is 2.84. The summed E-state index contributed by atoms with van der Waals surface area (Å²) >= 11 is 0. The van der Waals surface area contributed by atoms with Gasteiger partial charge in [-0.1, -0.05) is 54.9 Å². The minimum atomic E-state index is -1.63. The molecule has 38 heavy (non-hydrogen) atoms. The molecule has 1 aliphatic heterocycles. The highest BCUT2D eigenvalue weighted by molar-refractivity contribution is 5.84. The molecule has 4 N–H and O–H groups in total. The van der Waals surface area contributed by atoms with Crippen molar-refractivity contribution in [3.8, 4) is 0 Å². The van der Waals surface area contributed by atoms with Gasteiger partial charge in [0.25, 0.3) is 0 Å². The second-order valence-electron chi connectivity index (χ2n) is 13.2. The van der Waals surface area contributed by atoms with E-state index in [1.54, 1.807) is 20.8 Å². The maximum absolute atomic E-state index is 13.5. The molecule has 14 atom stereocenters. The molecule has 0 amide bonds. The molecule has 0 aromatic rings. The first-order chi connectivity index (χ1) is 17.4. The van der Waals surface area contributed by atoms with Crippen molar-refractivity contribution in [3.05, 3.63) is 0 Å². The van der Waals surface area contributed by atoms with Crippen LogP contribution in [0.3, 0.4) is 0 Å². The van der Waals surface area contributed by atoms with Crippen LogP contribution in [0.1, 0.15) is 94.9 Å². The quantitative estimate of drug-likeness (QED) is 0.426. The summed E-state index contributed by atoms with van der Waals surface area (Å²) in [4.78, 5) is 26.9. The van der Waals surface area contributed by atoms with Gasteiger partial charge in [-0.25, -0.2) is 0 Å². The summed E-state index contributed by atoms with van der Waals surface area (Å²) in [7, 11) is 0. The van der Waals surface area contributed by atoms with Crippen LogP contribution < -0.4 is 0 Å². The van der Waals surface area contributed by atoms with Gasteiger partial charge in [0, 0.05) is 24.2 Å². The number of ether oxygens (including phenoxy) is 2. The molecule has 222 valence electrons. The van der Waals surface area contributed by atoms with Crippen molar-refractivity contribution >= 4 is 11.6 Å². The molecule has 0 aromatic carbocycles. The summed E-state index contributed by atoms with van der Waals surface area (Å²) in [6.07, 6.45) is -2.89. The molecule has 0 radical (unpaired) electrons. The number of carbonyl (C=O) groups is 2. The molecule has 1 saturated carbocycles. The lowest BCUT2D eigenvalue weighted by atomic mass is 9.68. The SMILES string of the molecule is CC[C@H]1CC(=O)[C@H](C)C(C)[C@H](C)[C@@H](OC2O[C@H](C)C[C@H](C)[C@H]2O)[C@](C)(O)C[C@@H](C)C(=O)[C@H](C)[C@@H](O)[C@]1(C)O. The fourth-order valence-corrected chi connectivity index (χ4v) is 6.80. The lowest BCUT2D eigenvalue weighted by Gasteiger charge is -2.46. The molecular formula is C30H54O8. The first kappa shape index (κ1) is 33.3. The number of carbonyl (C=O) groups excluding carboxylic acids is 2. The van der Waals surface area contributed by atoms with Crippen LogP contribution in [0.4, 0.5) is 0 Å². The summed E-state index contributed by atoms with van der Waals surface area (Å²) in [6.45, 7) is 17.9. The van der Waals surface area contributed by atoms with Crippen LogP contribution in [0.15, 0.2) is 0 Å². The summed E-state index contributed by atoms with van der Waals surface area (Å²) in [5.41, 5.74) is -3.14. The van der Waals surface area contributed by atoms with Crippen molar-refractivity contribution in [1.82, 2.24) is 0 Å². The highest BCUT2D eigenvalue weighted by atomic mass is 16.7. The Morgan fingerprint density at radius 3 is 2.08 bits per heavy atom. The van der Waals surface area contributed by atoms with Gasteiger partial charge in [0.1, 0.15) is 17.7 Å². The van der Waals surface area contributed by atoms with Crippen molar-refractivity contribution in [3.63, 3.8) is 0 Å². The molecule has 1 saturated heterocycles. The molecule has 8 heteroatoms. The van der Waals surface area contributed by atoms with Crippen LogP contribution in [0, 0.1) is 41.4 Å². The minimum Gasteiger partial charge on any atom is -0.389 e. The van der Waals surface area contributed by atoms with E-state index in [1.165, 1.54) is 6.92 Å². The zero-order chi connectivity index (χ0) is 29.3. The van der Waals surface area contributed by atoms with Crippen LogP contribution >= 0.6 is 0 Å². The Balaban J connectivity index is 2.53. The van der Waals surface area contributed by atoms with E-state index < -0.39 is 59.5 Å². The smallest absolute Gasteiger partial charge is 0.184 e. The number of ketones is 2. The van der Waals surface area contributed by atoms with Gasteiger partial charge in [0.05, 0.1) is 29.5 Å². The van der Waals surface area contributed by atoms with Gasteiger partial charge in [-0.05, 0) is 57.3 Å². The van der Waals surface area contributed by atoms with E-state index in [2.05, 4.69) is 0 Å². The second kappa shape index (κ2) is 12.7. The molecule has 0 aromatic heterocycles. The largest absolute Gasteiger partial charge is 0.389 e. The Morgan fingerprint density at radius 2 is 1.53 bits per heavy atom. The minimum absolute atomic E-state index is 0.0419. The van der Waals surface area contributed by atoms with Crippen LogP contribution in [0.25, 0.3) is 0 Å². The second-order valence-corrected chi connectivity index (χ2v) is 13.2. The van der Waals surface area contributed by atoms with Crippen molar-refractivity contribution in [2.45, 2.75) is 137 Å². The predicted molar refractivity (Wildman–Crippen MR) is 145 cm³/mol. The van der Waals surface area contributed by atoms with Crippen LogP contribution in [0.2, 0.25) is 0 Å². The zero-order valence-electron chi connectivity index (χ0n) is 25.2. The van der Waals surface area contributed by atoms with Gasteiger partial charge in [-0.15, -0.1) is 0 Å². The summed E-state index contributed by atoms with van der Waals surface area (Å²) in [6, 6.07) is 0. The van der Waals surface area contributed by atoms with Crippen LogP contribution in [-0.4, -0.2) is 73.9 Å². The Kier molecular flexibility index (Phi) is 11.2. The normalized spacial score (nSPS) is 50.5. The van der Waals surface area contributed by atoms with Gasteiger partial charge in [-0.2, -0.15) is 0 Å². The van der Waals surface area contributed by atoms with Crippen molar-refractivity contribution in [2.75, 3.05) is 0 Å². The number of aliphatic hydroxyl groups is 4. The van der Waals surface area contributed by atoms with E-state index in [0.29, 0.717) is 12.8 Å². The summed E-state index contributed by atoms with van der Waals surface area (Å²) in [5.74, 6) is -3.42. The monoisotopic (exact) mass is 542 g/mol. The zero-order valence-corrected chi connectivity index (χ0v) is 25.2. The molecular weight excluding hydrogens is 488 g/mol. The van der Waals surface area contributed by atoms with E-state index in [9.17, 15) is 30.0 Å². The van der Waals surface area contributed by atoms with Crippen LogP contribution in [0.5, 0.6) is 0 Å². The molecule has 8 nitrogen and oxygen atoms in total. The number of aliphatic hydroxyl groups excluding tert-OH is 2. The van der Waals surface area contributed by atoms with Crippen molar-refractivity contribution < 1.29 is 39.5 Å². The van der Waals surface area contributed by atoms with Crippen molar-refractivity contribution in [2.24, 2.45) is 41.4 Å². The number of Topliss-reactive ketones (excluding diaryl/α,β-unsaturated/α-hetero) is 2. The average molecular weight is 543 g/mol. The third-order valence-electron chi connectivity index (χ3n) is 9.92. The van der Waals surface area contributed by atoms with Gasteiger partial charge in [0.2, 0.25) is 0 Å². The first-order valence-electron chi connectivity index (χ1n) is 14.5. The Morgan fingerprint density at radius 1 is 0.947 bits per heavy atom. The van der Waals surface area contributed by atoms with E-state index in [4.69, 9.17) is 9.47 Å². The first-order valence-corrected chi connectivity index (χ1v) is 14.5. The van der Waals surface area contributed by atoms with Gasteiger partial charge >= 0.3 is 0 Å². The van der Waals surface area contributed by atoms with Crippen LogP contribution in [-0.2, 0) is 19.1 Å².